The Morgan fingerprint density at radius 3 is 2.18 bits per heavy atom. The first-order chi connectivity index (χ1) is 10.8. The van der Waals surface area contributed by atoms with Gasteiger partial charge in [0.1, 0.15) is 11.2 Å². The summed E-state index contributed by atoms with van der Waals surface area (Å²) in [4.78, 5) is 8.45. The molecule has 22 heavy (non-hydrogen) atoms. The monoisotopic (exact) mass is 306 g/mol. The van der Waals surface area contributed by atoms with E-state index in [4.69, 9.17) is 16.0 Å². The van der Waals surface area contributed by atoms with Crippen LogP contribution < -0.4 is 0 Å². The fourth-order valence-electron chi connectivity index (χ4n) is 2.48. The number of furan rings is 1. The van der Waals surface area contributed by atoms with Crippen molar-refractivity contribution in [3.05, 3.63) is 72.2 Å². The van der Waals surface area contributed by atoms with E-state index in [1.807, 2.05) is 30.3 Å². The van der Waals surface area contributed by atoms with E-state index in [1.54, 1.807) is 12.3 Å². The summed E-state index contributed by atoms with van der Waals surface area (Å²) >= 11 is 5.99. The van der Waals surface area contributed by atoms with Gasteiger partial charge in [0.15, 0.2) is 5.58 Å². The van der Waals surface area contributed by atoms with Crippen molar-refractivity contribution in [3.8, 4) is 22.4 Å². The summed E-state index contributed by atoms with van der Waals surface area (Å²) in [5.74, 6) is 0. The zero-order valence-electron chi connectivity index (χ0n) is 11.5. The van der Waals surface area contributed by atoms with Crippen LogP contribution in [0.3, 0.4) is 0 Å². The predicted molar refractivity (Wildman–Crippen MR) is 87.7 cm³/mol. The van der Waals surface area contributed by atoms with Gasteiger partial charge in [0.2, 0.25) is 5.28 Å². The van der Waals surface area contributed by atoms with Crippen LogP contribution in [-0.4, -0.2) is 9.97 Å². The highest BCUT2D eigenvalue weighted by Crippen LogP contribution is 2.29. The van der Waals surface area contributed by atoms with Crippen molar-refractivity contribution in [2.24, 2.45) is 0 Å². The molecular weight excluding hydrogens is 296 g/mol. The van der Waals surface area contributed by atoms with Gasteiger partial charge in [-0.3, -0.25) is 0 Å². The van der Waals surface area contributed by atoms with Crippen LogP contribution in [0.2, 0.25) is 5.28 Å². The molecule has 0 saturated heterocycles. The van der Waals surface area contributed by atoms with Crippen LogP contribution in [0.25, 0.3) is 33.5 Å². The molecule has 0 saturated carbocycles. The van der Waals surface area contributed by atoms with Crippen molar-refractivity contribution in [2.75, 3.05) is 0 Å². The zero-order chi connectivity index (χ0) is 14.9. The third-order valence-corrected chi connectivity index (χ3v) is 3.71. The largest absolute Gasteiger partial charge is 0.460 e. The van der Waals surface area contributed by atoms with Crippen LogP contribution in [-0.2, 0) is 0 Å². The third-order valence-electron chi connectivity index (χ3n) is 3.54. The average molecular weight is 307 g/mol. The number of hydrogen-bond donors (Lipinski definition) is 0. The minimum Gasteiger partial charge on any atom is -0.460 e. The molecule has 0 spiro atoms. The summed E-state index contributed by atoms with van der Waals surface area (Å²) in [6, 6.07) is 20.2. The topological polar surface area (TPSA) is 38.9 Å². The van der Waals surface area contributed by atoms with Crippen molar-refractivity contribution < 1.29 is 4.42 Å². The predicted octanol–water partition coefficient (Wildman–Crippen LogP) is 5.21. The van der Waals surface area contributed by atoms with Crippen LogP contribution in [0, 0.1) is 0 Å². The van der Waals surface area contributed by atoms with Gasteiger partial charge in [-0.15, -0.1) is 0 Å². The van der Waals surface area contributed by atoms with Gasteiger partial charge in [-0.2, -0.15) is 0 Å². The highest BCUT2D eigenvalue weighted by molar-refractivity contribution is 6.28. The number of rotatable bonds is 2. The smallest absolute Gasteiger partial charge is 0.223 e. The van der Waals surface area contributed by atoms with E-state index in [9.17, 15) is 0 Å². The van der Waals surface area contributed by atoms with Gasteiger partial charge >= 0.3 is 0 Å². The highest BCUT2D eigenvalue weighted by Gasteiger charge is 2.11. The number of nitrogens with zero attached hydrogens (tertiary/aromatic N) is 2. The summed E-state index contributed by atoms with van der Waals surface area (Å²) in [5.41, 5.74) is 5.35. The Hall–Kier alpha value is -2.65. The Kier molecular flexibility index (Phi) is 3.13. The highest BCUT2D eigenvalue weighted by atomic mass is 35.5. The molecule has 0 atom stereocenters. The first kappa shape index (κ1) is 13.0. The summed E-state index contributed by atoms with van der Waals surface area (Å²) in [6.07, 6.45) is 1.59. The fourth-order valence-corrected chi connectivity index (χ4v) is 2.66. The lowest BCUT2D eigenvalue weighted by atomic mass is 10.0. The van der Waals surface area contributed by atoms with Crippen molar-refractivity contribution in [1.29, 1.82) is 0 Å². The van der Waals surface area contributed by atoms with E-state index in [0.29, 0.717) is 16.8 Å². The molecule has 0 N–H and O–H groups in total. The molecule has 4 heteroatoms. The van der Waals surface area contributed by atoms with E-state index in [2.05, 4.69) is 34.2 Å². The summed E-state index contributed by atoms with van der Waals surface area (Å²) < 4.78 is 5.49. The molecule has 3 nitrogen and oxygen atoms in total. The molecule has 0 aliphatic rings. The number of aromatic nitrogens is 2. The molecule has 0 aliphatic carbocycles. The van der Waals surface area contributed by atoms with Gasteiger partial charge in [0, 0.05) is 11.6 Å². The fraction of sp³-hybridized carbons (Fsp3) is 0. The Labute approximate surface area is 132 Å². The maximum Gasteiger partial charge on any atom is 0.223 e. The lowest BCUT2D eigenvalue weighted by Crippen LogP contribution is -1.89. The van der Waals surface area contributed by atoms with E-state index >= 15 is 0 Å². The third kappa shape index (κ3) is 2.26. The lowest BCUT2D eigenvalue weighted by Gasteiger charge is -2.05. The Bertz CT molecular complexity index is 930. The maximum absolute atomic E-state index is 5.99. The summed E-state index contributed by atoms with van der Waals surface area (Å²) in [7, 11) is 0. The van der Waals surface area contributed by atoms with Gasteiger partial charge in [0.05, 0.1) is 6.26 Å². The Morgan fingerprint density at radius 2 is 1.41 bits per heavy atom. The van der Waals surface area contributed by atoms with E-state index in [-0.39, 0.29) is 5.28 Å². The van der Waals surface area contributed by atoms with Crippen molar-refractivity contribution in [2.45, 2.75) is 0 Å². The SMILES string of the molecule is Clc1nc(-c2ccc(-c3ccccc3)cc2)c2occc2n1. The molecule has 2 aromatic carbocycles. The maximum atomic E-state index is 5.99. The molecule has 0 amide bonds. The van der Waals surface area contributed by atoms with Gasteiger partial charge in [0.25, 0.3) is 0 Å². The number of benzene rings is 2. The number of halogens is 1. The lowest BCUT2D eigenvalue weighted by molar-refractivity contribution is 0.615. The van der Waals surface area contributed by atoms with E-state index < -0.39 is 0 Å². The molecule has 0 bridgehead atoms. The Morgan fingerprint density at radius 1 is 0.727 bits per heavy atom. The second-order valence-corrected chi connectivity index (χ2v) is 5.26. The van der Waals surface area contributed by atoms with Gasteiger partial charge in [-0.1, -0.05) is 54.6 Å². The normalized spacial score (nSPS) is 11.0. The van der Waals surface area contributed by atoms with Gasteiger partial charge in [-0.25, -0.2) is 9.97 Å². The van der Waals surface area contributed by atoms with E-state index in [1.165, 1.54) is 5.56 Å². The van der Waals surface area contributed by atoms with Crippen molar-refractivity contribution in [3.63, 3.8) is 0 Å². The molecule has 0 unspecified atom stereocenters. The average Bonchev–Trinajstić information content (AvgIpc) is 3.03. The summed E-state index contributed by atoms with van der Waals surface area (Å²) in [6.45, 7) is 0. The van der Waals surface area contributed by atoms with Crippen LogP contribution in [0.15, 0.2) is 71.3 Å². The number of hydrogen-bond acceptors (Lipinski definition) is 3. The number of fused-ring (bicyclic) bond motifs is 1. The van der Waals surface area contributed by atoms with Crippen LogP contribution in [0.5, 0.6) is 0 Å². The van der Waals surface area contributed by atoms with Crippen molar-refractivity contribution in [1.82, 2.24) is 9.97 Å². The molecule has 2 aromatic heterocycles. The first-order valence-electron chi connectivity index (χ1n) is 6.88. The molecule has 0 aliphatic heterocycles. The molecule has 2 heterocycles. The quantitative estimate of drug-likeness (QED) is 0.477. The van der Waals surface area contributed by atoms with Gasteiger partial charge < -0.3 is 4.42 Å². The van der Waals surface area contributed by atoms with Crippen molar-refractivity contribution >= 4 is 22.7 Å². The summed E-state index contributed by atoms with van der Waals surface area (Å²) in [5, 5.41) is 0.219. The minimum absolute atomic E-state index is 0.219. The second kappa shape index (κ2) is 5.28. The molecule has 0 radical (unpaired) electrons. The second-order valence-electron chi connectivity index (χ2n) is 4.92. The molecular formula is C18H11ClN2O. The molecule has 4 rings (SSSR count). The molecule has 106 valence electrons. The molecule has 0 fully saturated rings. The Balaban J connectivity index is 1.81. The van der Waals surface area contributed by atoms with Crippen LogP contribution >= 0.6 is 11.6 Å². The van der Waals surface area contributed by atoms with Crippen LogP contribution in [0.1, 0.15) is 0 Å². The standard InChI is InChI=1S/C18H11ClN2O/c19-18-20-15-10-11-22-17(15)16(21-18)14-8-6-13(7-9-14)12-4-2-1-3-5-12/h1-11H. The van der Waals surface area contributed by atoms with E-state index in [0.717, 1.165) is 11.1 Å². The van der Waals surface area contributed by atoms with Gasteiger partial charge in [-0.05, 0) is 22.7 Å². The van der Waals surface area contributed by atoms with Crippen LogP contribution in [0.4, 0.5) is 0 Å². The zero-order valence-corrected chi connectivity index (χ0v) is 12.3. The minimum atomic E-state index is 0.219. The first-order valence-corrected chi connectivity index (χ1v) is 7.26. The molecule has 4 aromatic rings.